The fourth-order valence-corrected chi connectivity index (χ4v) is 3.84. The summed E-state index contributed by atoms with van der Waals surface area (Å²) in [6, 6.07) is 11.1. The average molecular weight is 485 g/mol. The maximum atomic E-state index is 13.1. The van der Waals surface area contributed by atoms with Crippen LogP contribution in [0.4, 0.5) is 16.5 Å². The van der Waals surface area contributed by atoms with E-state index in [0.717, 1.165) is 4.90 Å². The van der Waals surface area contributed by atoms with Gasteiger partial charge in [-0.05, 0) is 36.4 Å². The van der Waals surface area contributed by atoms with Crippen LogP contribution in [0.15, 0.2) is 64.8 Å². The van der Waals surface area contributed by atoms with Gasteiger partial charge in [-0.15, -0.1) is 11.3 Å². The molecule has 0 bridgehead atoms. The monoisotopic (exact) mass is 484 g/mol. The molecular weight excluding hydrogens is 468 g/mol. The zero-order chi connectivity index (χ0) is 23.5. The number of rotatable bonds is 7. The van der Waals surface area contributed by atoms with Crippen LogP contribution < -0.4 is 25.0 Å². The Kier molecular flexibility index (Phi) is 6.29. The molecule has 0 unspecified atom stereocenters. The summed E-state index contributed by atoms with van der Waals surface area (Å²) in [5, 5.41) is 7.54. The Morgan fingerprint density at radius 3 is 2.45 bits per heavy atom. The van der Waals surface area contributed by atoms with E-state index >= 15 is 0 Å². The SMILES string of the molecule is COc1ccc(N2C(=O)C(Cl)=C(Nc3ccc(C(=O)Nc4nccs4)cc3)C2=O)c(OC)c1. The predicted molar refractivity (Wildman–Crippen MR) is 125 cm³/mol. The van der Waals surface area contributed by atoms with Crippen LogP contribution in [0.5, 0.6) is 11.5 Å². The molecule has 0 saturated heterocycles. The molecule has 2 aromatic carbocycles. The number of benzene rings is 2. The lowest BCUT2D eigenvalue weighted by Crippen LogP contribution is -2.32. The average Bonchev–Trinajstić information content (AvgIpc) is 3.41. The number of carbonyl (C=O) groups excluding carboxylic acids is 3. The summed E-state index contributed by atoms with van der Waals surface area (Å²) < 4.78 is 10.5. The molecule has 1 aliphatic rings. The van der Waals surface area contributed by atoms with E-state index in [4.69, 9.17) is 21.1 Å². The number of carbonyl (C=O) groups is 3. The van der Waals surface area contributed by atoms with Gasteiger partial charge in [0.05, 0.1) is 19.9 Å². The Labute approximate surface area is 197 Å². The standard InChI is InChI=1S/C22H17ClN4O5S/c1-31-14-7-8-15(16(11-14)32-2)27-20(29)17(23)18(21(27)30)25-13-5-3-12(4-6-13)19(28)26-22-24-9-10-33-22/h3-11,25H,1-2H3,(H,24,26,28). The van der Waals surface area contributed by atoms with Crippen LogP contribution in [-0.4, -0.2) is 36.9 Å². The van der Waals surface area contributed by atoms with Crippen LogP contribution in [0.1, 0.15) is 10.4 Å². The number of thiazole rings is 1. The summed E-state index contributed by atoms with van der Waals surface area (Å²) in [7, 11) is 2.92. The van der Waals surface area contributed by atoms with E-state index in [-0.39, 0.29) is 28.1 Å². The number of anilines is 3. The zero-order valence-corrected chi connectivity index (χ0v) is 19.0. The molecular formula is C22H17ClN4O5S. The number of ether oxygens (including phenoxy) is 2. The second-order valence-corrected chi connectivity index (χ2v) is 7.94. The first-order valence-electron chi connectivity index (χ1n) is 9.51. The maximum absolute atomic E-state index is 13.1. The van der Waals surface area contributed by atoms with Gasteiger partial charge in [0.25, 0.3) is 17.7 Å². The highest BCUT2D eigenvalue weighted by Gasteiger charge is 2.40. The lowest BCUT2D eigenvalue weighted by Gasteiger charge is -2.18. The molecule has 0 aliphatic carbocycles. The quantitative estimate of drug-likeness (QED) is 0.490. The summed E-state index contributed by atoms with van der Waals surface area (Å²) in [5.74, 6) is -0.867. The number of hydrogen-bond acceptors (Lipinski definition) is 8. The summed E-state index contributed by atoms with van der Waals surface area (Å²) in [4.78, 5) is 43.1. The molecule has 0 radical (unpaired) electrons. The van der Waals surface area contributed by atoms with Crippen molar-refractivity contribution in [1.82, 2.24) is 4.98 Å². The summed E-state index contributed by atoms with van der Waals surface area (Å²) >= 11 is 7.51. The first kappa shape index (κ1) is 22.3. The van der Waals surface area contributed by atoms with Crippen molar-refractivity contribution < 1.29 is 23.9 Å². The van der Waals surface area contributed by atoms with Crippen LogP contribution >= 0.6 is 22.9 Å². The first-order chi connectivity index (χ1) is 15.9. The number of aromatic nitrogens is 1. The molecule has 168 valence electrons. The van der Waals surface area contributed by atoms with Gasteiger partial charge >= 0.3 is 0 Å². The van der Waals surface area contributed by atoms with E-state index in [1.165, 1.54) is 31.6 Å². The van der Waals surface area contributed by atoms with Crippen LogP contribution in [0.3, 0.4) is 0 Å². The molecule has 2 N–H and O–H groups in total. The minimum absolute atomic E-state index is 0.0838. The van der Waals surface area contributed by atoms with Gasteiger partial charge in [-0.1, -0.05) is 11.6 Å². The van der Waals surface area contributed by atoms with Crippen molar-refractivity contribution in [2.45, 2.75) is 0 Å². The van der Waals surface area contributed by atoms with Gasteiger partial charge in [-0.3, -0.25) is 19.7 Å². The van der Waals surface area contributed by atoms with E-state index in [1.807, 2.05) is 0 Å². The topological polar surface area (TPSA) is 110 Å². The van der Waals surface area contributed by atoms with Crippen LogP contribution in [-0.2, 0) is 9.59 Å². The fraction of sp³-hybridized carbons (Fsp3) is 0.0909. The number of imide groups is 1. The van der Waals surface area contributed by atoms with Crippen molar-refractivity contribution in [2.75, 3.05) is 29.8 Å². The highest BCUT2D eigenvalue weighted by molar-refractivity contribution is 7.13. The molecule has 2 heterocycles. The van der Waals surface area contributed by atoms with Gasteiger partial charge in [0.15, 0.2) is 5.13 Å². The molecule has 3 aromatic rings. The third-order valence-corrected chi connectivity index (χ3v) is 5.76. The number of amides is 3. The number of halogens is 1. The van der Waals surface area contributed by atoms with E-state index in [0.29, 0.717) is 22.1 Å². The molecule has 0 fully saturated rings. The third kappa shape index (κ3) is 4.38. The molecule has 1 aliphatic heterocycles. The Balaban J connectivity index is 1.52. The minimum Gasteiger partial charge on any atom is -0.497 e. The van der Waals surface area contributed by atoms with E-state index in [1.54, 1.807) is 48.0 Å². The van der Waals surface area contributed by atoms with Gasteiger partial charge in [-0.25, -0.2) is 9.88 Å². The molecule has 1 aromatic heterocycles. The highest BCUT2D eigenvalue weighted by atomic mass is 35.5. The largest absolute Gasteiger partial charge is 0.497 e. The van der Waals surface area contributed by atoms with Crippen LogP contribution in [0, 0.1) is 0 Å². The second-order valence-electron chi connectivity index (χ2n) is 6.67. The highest BCUT2D eigenvalue weighted by Crippen LogP contribution is 2.37. The zero-order valence-electron chi connectivity index (χ0n) is 17.4. The third-order valence-electron chi connectivity index (χ3n) is 4.72. The van der Waals surface area contributed by atoms with Gasteiger partial charge in [0.2, 0.25) is 0 Å². The molecule has 0 atom stereocenters. The second kappa shape index (κ2) is 9.31. The van der Waals surface area contributed by atoms with Crippen LogP contribution in [0.2, 0.25) is 0 Å². The van der Waals surface area contributed by atoms with Crippen molar-refractivity contribution >= 4 is 57.2 Å². The molecule has 4 rings (SSSR count). The number of nitrogens with one attached hydrogen (secondary N) is 2. The summed E-state index contributed by atoms with van der Waals surface area (Å²) in [6.07, 6.45) is 1.59. The minimum atomic E-state index is -0.688. The van der Waals surface area contributed by atoms with Gasteiger partial charge in [0.1, 0.15) is 22.2 Å². The van der Waals surface area contributed by atoms with E-state index in [9.17, 15) is 14.4 Å². The molecule has 0 spiro atoms. The summed E-state index contributed by atoms with van der Waals surface area (Å²) in [5.41, 5.74) is 1.02. The molecule has 0 saturated carbocycles. The van der Waals surface area contributed by atoms with Crippen molar-refractivity contribution in [1.29, 1.82) is 0 Å². The lowest BCUT2D eigenvalue weighted by atomic mass is 10.2. The van der Waals surface area contributed by atoms with Crippen LogP contribution in [0.25, 0.3) is 0 Å². The van der Waals surface area contributed by atoms with Crippen molar-refractivity contribution in [3.05, 3.63) is 70.3 Å². The molecule has 11 heteroatoms. The van der Waals surface area contributed by atoms with Gasteiger partial charge in [0, 0.05) is 28.9 Å². The molecule has 3 amide bonds. The summed E-state index contributed by atoms with van der Waals surface area (Å²) in [6.45, 7) is 0. The van der Waals surface area contributed by atoms with Crippen molar-refractivity contribution in [2.24, 2.45) is 0 Å². The number of methoxy groups -OCH3 is 2. The normalized spacial score (nSPS) is 13.4. The first-order valence-corrected chi connectivity index (χ1v) is 10.8. The van der Waals surface area contributed by atoms with E-state index in [2.05, 4.69) is 15.6 Å². The molecule has 33 heavy (non-hydrogen) atoms. The van der Waals surface area contributed by atoms with E-state index < -0.39 is 11.8 Å². The van der Waals surface area contributed by atoms with Gasteiger partial charge in [-0.2, -0.15) is 0 Å². The Bertz CT molecular complexity index is 1260. The predicted octanol–water partition coefficient (Wildman–Crippen LogP) is 3.85. The Morgan fingerprint density at radius 1 is 1.06 bits per heavy atom. The smallest absolute Gasteiger partial charge is 0.283 e. The lowest BCUT2D eigenvalue weighted by molar-refractivity contribution is -0.120. The number of hydrogen-bond donors (Lipinski definition) is 2. The number of nitrogens with zero attached hydrogens (tertiary/aromatic N) is 2. The van der Waals surface area contributed by atoms with Crippen molar-refractivity contribution in [3.63, 3.8) is 0 Å². The van der Waals surface area contributed by atoms with Gasteiger partial charge < -0.3 is 14.8 Å². The Morgan fingerprint density at radius 2 is 1.82 bits per heavy atom. The fourth-order valence-electron chi connectivity index (χ4n) is 3.10. The maximum Gasteiger partial charge on any atom is 0.283 e. The molecule has 9 nitrogen and oxygen atoms in total. The Hall–Kier alpha value is -3.89. The van der Waals surface area contributed by atoms with Crippen molar-refractivity contribution in [3.8, 4) is 11.5 Å².